The number of rotatable bonds is 6. The van der Waals surface area contributed by atoms with Gasteiger partial charge in [0.25, 0.3) is 5.91 Å². The number of thioether (sulfide) groups is 1. The maximum absolute atomic E-state index is 13.1. The maximum Gasteiger partial charge on any atom is 0.271 e. The minimum atomic E-state index is -0.103. The van der Waals surface area contributed by atoms with Gasteiger partial charge >= 0.3 is 0 Å². The van der Waals surface area contributed by atoms with E-state index in [1.807, 2.05) is 30.3 Å². The van der Waals surface area contributed by atoms with Crippen LogP contribution in [-0.4, -0.2) is 29.8 Å². The van der Waals surface area contributed by atoms with Crippen molar-refractivity contribution in [1.82, 2.24) is 0 Å². The molecule has 140 valence electrons. The van der Waals surface area contributed by atoms with Crippen LogP contribution in [0, 0.1) is 0 Å². The Morgan fingerprint density at radius 3 is 2.70 bits per heavy atom. The predicted octanol–water partition coefficient (Wildman–Crippen LogP) is 4.68. The number of aromatic hydroxyl groups is 1. The van der Waals surface area contributed by atoms with Gasteiger partial charge in [-0.3, -0.25) is 14.7 Å². The first kappa shape index (κ1) is 19.0. The number of hydrogen-bond acceptors (Lipinski definition) is 5. The topological polar surface area (TPSA) is 62.1 Å². The highest BCUT2D eigenvalue weighted by Gasteiger charge is 2.34. The molecule has 0 unspecified atom stereocenters. The van der Waals surface area contributed by atoms with Crippen molar-refractivity contribution in [3.63, 3.8) is 0 Å². The van der Waals surface area contributed by atoms with Gasteiger partial charge in [0, 0.05) is 6.54 Å². The van der Waals surface area contributed by atoms with E-state index in [2.05, 4.69) is 11.9 Å². The van der Waals surface area contributed by atoms with Crippen LogP contribution < -0.4 is 9.64 Å². The summed E-state index contributed by atoms with van der Waals surface area (Å²) in [4.78, 5) is 19.9. The number of para-hydroxylation sites is 1. The molecule has 1 aliphatic heterocycles. The smallest absolute Gasteiger partial charge is 0.271 e. The SMILES string of the molecule is CCCCN=C1S/C(=C\c2ccc(O)c(OC)c2)C(=O)N1c1ccccc1. The highest BCUT2D eigenvalue weighted by molar-refractivity contribution is 8.19. The summed E-state index contributed by atoms with van der Waals surface area (Å²) in [5, 5.41) is 10.4. The van der Waals surface area contributed by atoms with E-state index in [-0.39, 0.29) is 11.7 Å². The molecular weight excluding hydrogens is 360 g/mol. The number of nitrogens with zero attached hydrogens (tertiary/aromatic N) is 2. The number of aliphatic imine (C=N–C) groups is 1. The second-order valence-electron chi connectivity index (χ2n) is 6.04. The fourth-order valence-corrected chi connectivity index (χ4v) is 3.66. The third-order valence-corrected chi connectivity index (χ3v) is 5.09. The van der Waals surface area contributed by atoms with E-state index in [1.54, 1.807) is 29.2 Å². The van der Waals surface area contributed by atoms with Crippen LogP contribution in [0.25, 0.3) is 6.08 Å². The van der Waals surface area contributed by atoms with Gasteiger partial charge in [-0.15, -0.1) is 0 Å². The molecule has 1 fully saturated rings. The lowest BCUT2D eigenvalue weighted by Crippen LogP contribution is -2.28. The van der Waals surface area contributed by atoms with E-state index in [0.717, 1.165) is 24.1 Å². The number of hydrogen-bond donors (Lipinski definition) is 1. The number of phenols is 1. The minimum absolute atomic E-state index is 0.0674. The molecule has 1 heterocycles. The number of amidine groups is 1. The Labute approximate surface area is 163 Å². The average Bonchev–Trinajstić information content (AvgIpc) is 2.99. The van der Waals surface area contributed by atoms with Crippen LogP contribution in [0.15, 0.2) is 58.4 Å². The Balaban J connectivity index is 1.95. The lowest BCUT2D eigenvalue weighted by atomic mass is 10.2. The molecule has 1 N–H and O–H groups in total. The van der Waals surface area contributed by atoms with Crippen LogP contribution in [0.4, 0.5) is 5.69 Å². The summed E-state index contributed by atoms with van der Waals surface area (Å²) < 4.78 is 5.15. The third kappa shape index (κ3) is 4.34. The first-order chi connectivity index (χ1) is 13.1. The average molecular weight is 382 g/mol. The van der Waals surface area contributed by atoms with Crippen LogP contribution in [0.3, 0.4) is 0 Å². The number of carbonyl (C=O) groups is 1. The number of methoxy groups -OCH3 is 1. The summed E-state index contributed by atoms with van der Waals surface area (Å²) in [5.74, 6) is 0.336. The van der Waals surface area contributed by atoms with Gasteiger partial charge in [0.1, 0.15) is 0 Å². The molecule has 5 nitrogen and oxygen atoms in total. The number of carbonyl (C=O) groups excluding carboxylic acids is 1. The standard InChI is InChI=1S/C21H22N2O3S/c1-3-4-12-22-21-23(16-8-6-5-7-9-16)20(25)19(27-21)14-15-10-11-17(24)18(13-15)26-2/h5-11,13-14,24H,3-4,12H2,1-2H3/b19-14-,22-21?. The normalized spacial score (nSPS) is 17.1. The number of anilines is 1. The van der Waals surface area contributed by atoms with Crippen molar-refractivity contribution in [2.45, 2.75) is 19.8 Å². The van der Waals surface area contributed by atoms with Crippen molar-refractivity contribution in [3.8, 4) is 11.5 Å². The van der Waals surface area contributed by atoms with Crippen LogP contribution in [-0.2, 0) is 4.79 Å². The van der Waals surface area contributed by atoms with Crippen molar-refractivity contribution in [3.05, 3.63) is 59.0 Å². The molecular formula is C21H22N2O3S. The van der Waals surface area contributed by atoms with Gasteiger partial charge in [-0.25, -0.2) is 0 Å². The highest BCUT2D eigenvalue weighted by Crippen LogP contribution is 2.37. The van der Waals surface area contributed by atoms with Gasteiger partial charge < -0.3 is 9.84 Å². The molecule has 1 amide bonds. The fraction of sp³-hybridized carbons (Fsp3) is 0.238. The van der Waals surface area contributed by atoms with Crippen LogP contribution in [0.1, 0.15) is 25.3 Å². The maximum atomic E-state index is 13.1. The molecule has 0 radical (unpaired) electrons. The molecule has 0 aromatic heterocycles. The van der Waals surface area contributed by atoms with Crippen LogP contribution in [0.2, 0.25) is 0 Å². The van der Waals surface area contributed by atoms with Gasteiger partial charge in [-0.1, -0.05) is 37.6 Å². The third-order valence-electron chi connectivity index (χ3n) is 4.08. The molecule has 0 aliphatic carbocycles. The van der Waals surface area contributed by atoms with Gasteiger partial charge in [0.15, 0.2) is 16.7 Å². The summed E-state index contributed by atoms with van der Waals surface area (Å²) in [6.45, 7) is 2.81. The molecule has 0 atom stereocenters. The Morgan fingerprint density at radius 2 is 2.00 bits per heavy atom. The van der Waals surface area contributed by atoms with Crippen molar-refractivity contribution in [1.29, 1.82) is 0 Å². The summed E-state index contributed by atoms with van der Waals surface area (Å²) in [6.07, 6.45) is 3.83. The molecule has 3 rings (SSSR count). The number of unbranched alkanes of at least 4 members (excludes halogenated alkanes) is 1. The zero-order valence-electron chi connectivity index (χ0n) is 15.4. The first-order valence-corrected chi connectivity index (χ1v) is 9.66. The molecule has 6 heteroatoms. The largest absolute Gasteiger partial charge is 0.504 e. The lowest BCUT2D eigenvalue weighted by Gasteiger charge is -2.15. The Morgan fingerprint density at radius 1 is 1.22 bits per heavy atom. The van der Waals surface area contributed by atoms with E-state index in [0.29, 0.717) is 22.4 Å². The zero-order valence-corrected chi connectivity index (χ0v) is 16.2. The van der Waals surface area contributed by atoms with Crippen LogP contribution in [0.5, 0.6) is 11.5 Å². The quantitative estimate of drug-likeness (QED) is 0.582. The molecule has 27 heavy (non-hydrogen) atoms. The first-order valence-electron chi connectivity index (χ1n) is 8.84. The zero-order chi connectivity index (χ0) is 19.2. The molecule has 0 saturated carbocycles. The number of phenolic OH excluding ortho intramolecular Hbond substituents is 1. The molecule has 2 aromatic carbocycles. The van der Waals surface area contributed by atoms with E-state index < -0.39 is 0 Å². The van der Waals surface area contributed by atoms with Crippen molar-refractivity contribution in [2.75, 3.05) is 18.6 Å². The molecule has 1 aliphatic rings. The van der Waals surface area contributed by atoms with E-state index in [1.165, 1.54) is 18.9 Å². The second-order valence-corrected chi connectivity index (χ2v) is 7.04. The fourth-order valence-electron chi connectivity index (χ4n) is 2.65. The molecule has 1 saturated heterocycles. The van der Waals surface area contributed by atoms with Crippen molar-refractivity contribution in [2.24, 2.45) is 4.99 Å². The summed E-state index contributed by atoms with van der Waals surface area (Å²) >= 11 is 1.37. The summed E-state index contributed by atoms with van der Waals surface area (Å²) in [5.41, 5.74) is 1.58. The van der Waals surface area contributed by atoms with Gasteiger partial charge in [0.2, 0.25) is 0 Å². The Hall–Kier alpha value is -2.73. The highest BCUT2D eigenvalue weighted by atomic mass is 32.2. The summed E-state index contributed by atoms with van der Waals surface area (Å²) in [7, 11) is 1.50. The number of benzene rings is 2. The lowest BCUT2D eigenvalue weighted by molar-refractivity contribution is -0.113. The predicted molar refractivity (Wildman–Crippen MR) is 111 cm³/mol. The second kappa shape index (κ2) is 8.77. The van der Waals surface area contributed by atoms with Gasteiger partial charge in [0.05, 0.1) is 17.7 Å². The van der Waals surface area contributed by atoms with E-state index >= 15 is 0 Å². The molecule has 0 spiro atoms. The van der Waals surface area contributed by atoms with E-state index in [9.17, 15) is 9.90 Å². The Bertz CT molecular complexity index is 878. The minimum Gasteiger partial charge on any atom is -0.504 e. The van der Waals surface area contributed by atoms with E-state index in [4.69, 9.17) is 4.74 Å². The monoisotopic (exact) mass is 382 g/mol. The van der Waals surface area contributed by atoms with Crippen LogP contribution >= 0.6 is 11.8 Å². The number of ether oxygens (including phenoxy) is 1. The summed E-state index contributed by atoms with van der Waals surface area (Å²) in [6, 6.07) is 14.5. The van der Waals surface area contributed by atoms with Crippen molar-refractivity contribution >= 4 is 34.6 Å². The van der Waals surface area contributed by atoms with Gasteiger partial charge in [-0.05, 0) is 54.1 Å². The van der Waals surface area contributed by atoms with Crippen molar-refractivity contribution < 1.29 is 14.6 Å². The molecule has 2 aromatic rings. The number of amides is 1. The van der Waals surface area contributed by atoms with Gasteiger partial charge in [-0.2, -0.15) is 0 Å². The molecule has 0 bridgehead atoms. The Kier molecular flexibility index (Phi) is 6.19.